The van der Waals surface area contributed by atoms with E-state index in [1.165, 1.54) is 0 Å². The summed E-state index contributed by atoms with van der Waals surface area (Å²) in [4.78, 5) is 29.5. The van der Waals surface area contributed by atoms with Crippen molar-refractivity contribution in [2.45, 2.75) is 164 Å². The van der Waals surface area contributed by atoms with E-state index in [0.29, 0.717) is 5.78 Å². The van der Waals surface area contributed by atoms with Gasteiger partial charge in [0.15, 0.2) is 11.6 Å². The average Bonchev–Trinajstić information content (AvgIpc) is 3.05. The van der Waals surface area contributed by atoms with Gasteiger partial charge in [-0.05, 0) is 80.7 Å². The number of Topliss-reactive ketones (excluding diaryl/α,β-unsaturated/α-hetero) is 2. The van der Waals surface area contributed by atoms with Crippen molar-refractivity contribution in [3.8, 4) is 0 Å². The molecule has 0 saturated carbocycles. The molecule has 0 amide bonds. The number of carbonyl (C=O) groups excluding carboxylic acids is 2. The van der Waals surface area contributed by atoms with Crippen LogP contribution >= 0.6 is 0 Å². The summed E-state index contributed by atoms with van der Waals surface area (Å²) in [5, 5.41) is 3.63. The summed E-state index contributed by atoms with van der Waals surface area (Å²) >= 11 is 0. The number of likely N-dealkylation sites (tertiary alicyclic amines) is 1. The lowest BCUT2D eigenvalue weighted by Crippen LogP contribution is -2.60. The molecule has 1 fully saturated rings. The zero-order valence-corrected chi connectivity index (χ0v) is 25.1. The Morgan fingerprint density at radius 3 is 1.74 bits per heavy atom. The number of nitrogens with one attached hydrogen (secondary N) is 1. The van der Waals surface area contributed by atoms with E-state index in [9.17, 15) is 9.59 Å². The third-order valence-electron chi connectivity index (χ3n) is 7.25. The zero-order valence-electron chi connectivity index (χ0n) is 25.1. The first-order valence-corrected chi connectivity index (χ1v) is 13.7. The van der Waals surface area contributed by atoms with Crippen LogP contribution in [-0.4, -0.2) is 45.2 Å². The molecule has 1 saturated heterocycles. The van der Waals surface area contributed by atoms with Gasteiger partial charge in [-0.25, -0.2) is 0 Å². The average molecular weight is 479 g/mol. The Hall–Kier alpha value is -0.740. The molecule has 0 radical (unpaired) electrons. The Bertz CT molecular complexity index is 699. The highest BCUT2D eigenvalue weighted by Gasteiger charge is 2.53. The molecular formula is C30H58N2O2. The van der Waals surface area contributed by atoms with Crippen LogP contribution in [0, 0.1) is 10.8 Å². The second kappa shape index (κ2) is 10.7. The first-order valence-electron chi connectivity index (χ1n) is 13.7. The summed E-state index contributed by atoms with van der Waals surface area (Å²) in [6.45, 7) is 28.5. The normalized spacial score (nSPS) is 22.6. The first-order chi connectivity index (χ1) is 15.1. The lowest BCUT2D eigenvalue weighted by Gasteiger charge is -2.48. The van der Waals surface area contributed by atoms with Crippen LogP contribution in [0.5, 0.6) is 0 Å². The van der Waals surface area contributed by atoms with Gasteiger partial charge in [-0.2, -0.15) is 0 Å². The maximum absolute atomic E-state index is 13.7. The third-order valence-corrected chi connectivity index (χ3v) is 7.25. The zero-order chi connectivity index (χ0) is 26.8. The van der Waals surface area contributed by atoms with Gasteiger partial charge in [0.05, 0.1) is 11.1 Å². The molecule has 4 nitrogen and oxygen atoms in total. The van der Waals surface area contributed by atoms with E-state index in [2.05, 4.69) is 79.5 Å². The van der Waals surface area contributed by atoms with Crippen molar-refractivity contribution in [3.63, 3.8) is 0 Å². The van der Waals surface area contributed by atoms with E-state index in [1.807, 2.05) is 20.8 Å². The van der Waals surface area contributed by atoms with Gasteiger partial charge < -0.3 is 5.32 Å². The Morgan fingerprint density at radius 1 is 0.765 bits per heavy atom. The second-order valence-corrected chi connectivity index (χ2v) is 15.2. The molecule has 2 atom stereocenters. The molecule has 34 heavy (non-hydrogen) atoms. The molecule has 200 valence electrons. The summed E-state index contributed by atoms with van der Waals surface area (Å²) in [7, 11) is 0. The summed E-state index contributed by atoms with van der Waals surface area (Å²) in [6, 6.07) is 0. The minimum absolute atomic E-state index is 0.00876. The Labute approximate surface area is 212 Å². The molecule has 4 heteroatoms. The van der Waals surface area contributed by atoms with Crippen LogP contribution in [0.3, 0.4) is 0 Å². The maximum Gasteiger partial charge on any atom is 0.158 e. The minimum atomic E-state index is -0.519. The summed E-state index contributed by atoms with van der Waals surface area (Å²) in [6.07, 6.45) is 8.15. The molecule has 1 N–H and O–H groups in total. The van der Waals surface area contributed by atoms with Crippen LogP contribution in [0.25, 0.3) is 0 Å². The van der Waals surface area contributed by atoms with E-state index >= 15 is 0 Å². The molecule has 0 aromatic heterocycles. The molecule has 0 aliphatic carbocycles. The number of rotatable bonds is 10. The van der Waals surface area contributed by atoms with Crippen LogP contribution < -0.4 is 5.32 Å². The standard InChI is InChI=1S/C30H58N2O2/c1-25(2,3)23(33)29(13,31-27(7,8)9)19-16-14-15-17-20-30(24(34)26(4,5)6)21-18-22-32(30)28(10,11)12/h31H,14-22H2,1-13H3/t29-,30-/m0/s1. The van der Waals surface area contributed by atoms with Crippen molar-refractivity contribution in [3.05, 3.63) is 0 Å². The highest BCUT2D eigenvalue weighted by atomic mass is 16.1. The van der Waals surface area contributed by atoms with E-state index in [0.717, 1.165) is 57.9 Å². The van der Waals surface area contributed by atoms with E-state index in [-0.39, 0.29) is 33.2 Å². The molecule has 0 aromatic rings. The summed E-state index contributed by atoms with van der Waals surface area (Å²) in [5.74, 6) is 0.696. The first kappa shape index (κ1) is 31.3. The van der Waals surface area contributed by atoms with E-state index < -0.39 is 5.54 Å². The van der Waals surface area contributed by atoms with Crippen molar-refractivity contribution in [1.29, 1.82) is 0 Å². The Morgan fingerprint density at radius 2 is 1.29 bits per heavy atom. The van der Waals surface area contributed by atoms with Gasteiger partial charge in [0.2, 0.25) is 0 Å². The fraction of sp³-hybridized carbons (Fsp3) is 0.933. The molecule has 1 rings (SSSR count). The summed E-state index contributed by atoms with van der Waals surface area (Å²) in [5.41, 5.74) is -1.68. The molecule has 0 aromatic carbocycles. The molecule has 0 bridgehead atoms. The van der Waals surface area contributed by atoms with Gasteiger partial charge in [-0.3, -0.25) is 14.5 Å². The number of hydrogen-bond acceptors (Lipinski definition) is 4. The van der Waals surface area contributed by atoms with Crippen molar-refractivity contribution < 1.29 is 9.59 Å². The highest BCUT2D eigenvalue weighted by Crippen LogP contribution is 2.43. The molecule has 1 aliphatic rings. The quantitative estimate of drug-likeness (QED) is 0.334. The Balaban J connectivity index is 2.83. The fourth-order valence-corrected chi connectivity index (χ4v) is 6.30. The molecule has 0 spiro atoms. The summed E-state index contributed by atoms with van der Waals surface area (Å²) < 4.78 is 0. The Kier molecular flexibility index (Phi) is 9.85. The van der Waals surface area contributed by atoms with Gasteiger partial charge in [0.25, 0.3) is 0 Å². The van der Waals surface area contributed by atoms with E-state index in [4.69, 9.17) is 0 Å². The molecule has 1 aliphatic heterocycles. The number of nitrogens with zero attached hydrogens (tertiary/aromatic N) is 1. The molecule has 1 heterocycles. The largest absolute Gasteiger partial charge is 0.300 e. The number of carbonyl (C=O) groups is 2. The van der Waals surface area contributed by atoms with Crippen LogP contribution in [0.15, 0.2) is 0 Å². The third kappa shape index (κ3) is 8.15. The second-order valence-electron chi connectivity index (χ2n) is 15.2. The maximum atomic E-state index is 13.7. The lowest BCUT2D eigenvalue weighted by atomic mass is 9.72. The number of hydrogen-bond donors (Lipinski definition) is 1. The van der Waals surface area contributed by atoms with Crippen molar-refractivity contribution >= 4 is 11.6 Å². The van der Waals surface area contributed by atoms with Crippen LogP contribution in [-0.2, 0) is 9.59 Å². The van der Waals surface area contributed by atoms with Crippen LogP contribution in [0.1, 0.15) is 141 Å². The van der Waals surface area contributed by atoms with Crippen LogP contribution in [0.4, 0.5) is 0 Å². The topological polar surface area (TPSA) is 49.4 Å². The van der Waals surface area contributed by atoms with Crippen molar-refractivity contribution in [1.82, 2.24) is 10.2 Å². The molecular weight excluding hydrogens is 420 g/mol. The smallest absolute Gasteiger partial charge is 0.158 e. The van der Waals surface area contributed by atoms with Gasteiger partial charge in [0.1, 0.15) is 0 Å². The van der Waals surface area contributed by atoms with E-state index in [1.54, 1.807) is 0 Å². The van der Waals surface area contributed by atoms with Gasteiger partial charge in [0, 0.05) is 21.9 Å². The SMILES string of the molecule is CC(C)(C)N[C@@](C)(CCCCCC[C@@]1(C(=O)C(C)(C)C)CCCN1C(C)(C)C)C(=O)C(C)(C)C. The highest BCUT2D eigenvalue weighted by molar-refractivity contribution is 5.93. The van der Waals surface area contributed by atoms with Gasteiger partial charge >= 0.3 is 0 Å². The molecule has 0 unspecified atom stereocenters. The van der Waals surface area contributed by atoms with Crippen molar-refractivity contribution in [2.24, 2.45) is 10.8 Å². The monoisotopic (exact) mass is 478 g/mol. The van der Waals surface area contributed by atoms with Gasteiger partial charge in [-0.1, -0.05) is 67.2 Å². The minimum Gasteiger partial charge on any atom is -0.300 e. The van der Waals surface area contributed by atoms with Gasteiger partial charge in [-0.15, -0.1) is 0 Å². The number of unbranched alkanes of at least 4 members (excludes halogenated alkanes) is 3. The predicted octanol–water partition coefficient (Wildman–Crippen LogP) is 7.34. The van der Waals surface area contributed by atoms with Crippen molar-refractivity contribution in [2.75, 3.05) is 6.54 Å². The lowest BCUT2D eigenvalue weighted by molar-refractivity contribution is -0.141. The van der Waals surface area contributed by atoms with Crippen LogP contribution in [0.2, 0.25) is 0 Å². The number of ketones is 2. The predicted molar refractivity (Wildman–Crippen MR) is 146 cm³/mol. The fourth-order valence-electron chi connectivity index (χ4n) is 6.30.